The lowest BCUT2D eigenvalue weighted by Gasteiger charge is -2.44. The van der Waals surface area contributed by atoms with Gasteiger partial charge in [0.25, 0.3) is 0 Å². The molecule has 3 N–H and O–H groups in total. The van der Waals surface area contributed by atoms with E-state index in [-0.39, 0.29) is 31.8 Å². The lowest BCUT2D eigenvalue weighted by atomic mass is 9.96. The highest BCUT2D eigenvalue weighted by molar-refractivity contribution is 5.96. The van der Waals surface area contributed by atoms with Crippen molar-refractivity contribution in [2.45, 2.75) is 69.6 Å². The molecule has 1 aliphatic carbocycles. The number of carbonyl (C=O) groups is 4. The number of nitrogens with two attached hydrogens (primary N) is 1. The molecule has 1 aliphatic heterocycles. The number of fused-ring (bicyclic) bond motifs is 1. The van der Waals surface area contributed by atoms with Crippen molar-refractivity contribution in [3.63, 3.8) is 0 Å². The lowest BCUT2D eigenvalue weighted by Crippen LogP contribution is -2.66. The van der Waals surface area contributed by atoms with Crippen LogP contribution in [-0.4, -0.2) is 77.4 Å². The third kappa shape index (κ3) is 7.68. The number of nitrogens with one attached hydrogen (secondary N) is 1. The molecule has 0 aromatic heterocycles. The molecule has 3 amide bonds. The van der Waals surface area contributed by atoms with Gasteiger partial charge in [0.15, 0.2) is 0 Å². The second kappa shape index (κ2) is 13.4. The van der Waals surface area contributed by atoms with Crippen LogP contribution in [0.15, 0.2) is 66.7 Å². The number of halogens is 1. The summed E-state index contributed by atoms with van der Waals surface area (Å²) in [6.07, 6.45) is 2.74. The summed E-state index contributed by atoms with van der Waals surface area (Å²) in [5.41, 5.74) is 6.33. The predicted molar refractivity (Wildman–Crippen MR) is 168 cm³/mol. The Bertz CT molecular complexity index is 1570. The second-order valence-electron chi connectivity index (χ2n) is 12.8. The second-order valence-corrected chi connectivity index (χ2v) is 12.8. The van der Waals surface area contributed by atoms with Crippen molar-refractivity contribution in [3.8, 4) is 0 Å². The van der Waals surface area contributed by atoms with Gasteiger partial charge in [0, 0.05) is 25.9 Å². The van der Waals surface area contributed by atoms with Crippen LogP contribution in [0.5, 0.6) is 0 Å². The van der Waals surface area contributed by atoms with Gasteiger partial charge >= 0.3 is 5.97 Å². The standard InChI is InChI=1S/C35H41FN4O5/c1-35(2,37)34(44)38-28(19-22-11-14-27(36)15-12-22)31(41)39-16-17-40(32(42)29(39)20-23-8-9-23)30(33(43)45-3)21-24-10-13-25-6-4-5-7-26(25)18-24/h4-7,10-15,18,23,28-30H,8-9,16-17,19-21,37H2,1-3H3,(H,38,44)/t28-,29+,30+/m1/s1. The monoisotopic (exact) mass is 616 g/mol. The maximum absolute atomic E-state index is 14.2. The Hall–Kier alpha value is -4.31. The molecule has 1 heterocycles. The van der Waals surface area contributed by atoms with E-state index < -0.39 is 47.3 Å². The Morgan fingerprint density at radius 1 is 0.978 bits per heavy atom. The molecule has 45 heavy (non-hydrogen) atoms. The van der Waals surface area contributed by atoms with Crippen LogP contribution in [0.1, 0.15) is 44.2 Å². The van der Waals surface area contributed by atoms with Crippen LogP contribution in [0, 0.1) is 11.7 Å². The van der Waals surface area contributed by atoms with Gasteiger partial charge in [0.1, 0.15) is 23.9 Å². The van der Waals surface area contributed by atoms with Crippen LogP contribution < -0.4 is 11.1 Å². The largest absolute Gasteiger partial charge is 0.467 e. The van der Waals surface area contributed by atoms with Crippen LogP contribution in [0.2, 0.25) is 0 Å². The van der Waals surface area contributed by atoms with Crippen molar-refractivity contribution >= 4 is 34.5 Å². The molecule has 2 fully saturated rings. The fraction of sp³-hybridized carbons (Fsp3) is 0.429. The van der Waals surface area contributed by atoms with E-state index in [0.717, 1.165) is 29.2 Å². The zero-order valence-electron chi connectivity index (χ0n) is 26.0. The molecule has 1 saturated carbocycles. The Morgan fingerprint density at radius 3 is 2.29 bits per heavy atom. The zero-order chi connectivity index (χ0) is 32.3. The van der Waals surface area contributed by atoms with Gasteiger partial charge in [-0.1, -0.05) is 67.4 Å². The fourth-order valence-corrected chi connectivity index (χ4v) is 5.92. The summed E-state index contributed by atoms with van der Waals surface area (Å²) >= 11 is 0. The first-order valence-corrected chi connectivity index (χ1v) is 15.5. The number of piperazine rings is 1. The van der Waals surface area contributed by atoms with Gasteiger partial charge in [-0.15, -0.1) is 0 Å². The van der Waals surface area contributed by atoms with Crippen LogP contribution in [-0.2, 0) is 36.8 Å². The van der Waals surface area contributed by atoms with Crippen LogP contribution in [0.4, 0.5) is 4.39 Å². The maximum atomic E-state index is 14.2. The molecule has 3 atom stereocenters. The molecule has 0 radical (unpaired) electrons. The first-order valence-electron chi connectivity index (χ1n) is 15.5. The highest BCUT2D eigenvalue weighted by atomic mass is 19.1. The average molecular weight is 617 g/mol. The SMILES string of the molecule is COC(=O)[C@H](Cc1ccc2ccccc2c1)N1CCN(C(=O)[C@@H](Cc2ccc(F)cc2)NC(=O)C(C)(C)N)[C@@H](CC2CC2)C1=O. The summed E-state index contributed by atoms with van der Waals surface area (Å²) in [6.45, 7) is 3.39. The van der Waals surface area contributed by atoms with Crippen molar-refractivity contribution in [2.24, 2.45) is 11.7 Å². The molecule has 3 aromatic rings. The van der Waals surface area contributed by atoms with Gasteiger partial charge in [0.2, 0.25) is 17.7 Å². The van der Waals surface area contributed by atoms with Crippen LogP contribution in [0.25, 0.3) is 10.8 Å². The molecule has 9 nitrogen and oxygen atoms in total. The van der Waals surface area contributed by atoms with Crippen molar-refractivity contribution in [3.05, 3.63) is 83.7 Å². The topological polar surface area (TPSA) is 122 Å². The highest BCUT2D eigenvalue weighted by Gasteiger charge is 2.46. The van der Waals surface area contributed by atoms with Gasteiger partial charge in [-0.3, -0.25) is 14.4 Å². The van der Waals surface area contributed by atoms with E-state index in [9.17, 15) is 23.6 Å². The summed E-state index contributed by atoms with van der Waals surface area (Å²) in [5.74, 6) is -1.90. The van der Waals surface area contributed by atoms with E-state index in [4.69, 9.17) is 10.5 Å². The van der Waals surface area contributed by atoms with Gasteiger partial charge in [-0.2, -0.15) is 0 Å². The summed E-state index contributed by atoms with van der Waals surface area (Å²) < 4.78 is 18.8. The number of benzene rings is 3. The van der Waals surface area contributed by atoms with E-state index in [0.29, 0.717) is 17.9 Å². The molecular formula is C35H41FN4O5. The fourth-order valence-electron chi connectivity index (χ4n) is 5.92. The quantitative estimate of drug-likeness (QED) is 0.319. The summed E-state index contributed by atoms with van der Waals surface area (Å²) in [6, 6.07) is 16.9. The van der Waals surface area contributed by atoms with Crippen LogP contribution >= 0.6 is 0 Å². The molecule has 1 saturated heterocycles. The number of esters is 1. The predicted octanol–water partition coefficient (Wildman–Crippen LogP) is 3.37. The third-order valence-corrected chi connectivity index (χ3v) is 8.70. The van der Waals surface area contributed by atoms with E-state index in [1.54, 1.807) is 35.8 Å². The number of hydrogen-bond acceptors (Lipinski definition) is 6. The Labute approximate surface area is 262 Å². The molecular weight excluding hydrogens is 575 g/mol. The summed E-state index contributed by atoms with van der Waals surface area (Å²) in [7, 11) is 1.31. The van der Waals surface area contributed by atoms with Gasteiger partial charge in [-0.25, -0.2) is 9.18 Å². The van der Waals surface area contributed by atoms with Crippen molar-refractivity contribution in [1.29, 1.82) is 0 Å². The molecule has 3 aromatic carbocycles. The summed E-state index contributed by atoms with van der Waals surface area (Å²) in [5, 5.41) is 4.88. The molecule has 0 spiro atoms. The number of rotatable bonds is 11. The Kier molecular flexibility index (Phi) is 9.53. The molecule has 0 bridgehead atoms. The van der Waals surface area contributed by atoms with Crippen molar-refractivity contribution in [1.82, 2.24) is 15.1 Å². The van der Waals surface area contributed by atoms with Gasteiger partial charge in [-0.05, 0) is 60.2 Å². The number of amides is 3. The highest BCUT2D eigenvalue weighted by Crippen LogP contribution is 2.36. The number of hydrogen-bond donors (Lipinski definition) is 2. The van der Waals surface area contributed by atoms with Crippen LogP contribution in [0.3, 0.4) is 0 Å². The smallest absolute Gasteiger partial charge is 0.328 e. The first-order chi connectivity index (χ1) is 21.4. The van der Waals surface area contributed by atoms with Crippen molar-refractivity contribution in [2.75, 3.05) is 20.2 Å². The van der Waals surface area contributed by atoms with Gasteiger partial charge < -0.3 is 25.6 Å². The summed E-state index contributed by atoms with van der Waals surface area (Å²) in [4.78, 5) is 57.6. The minimum absolute atomic E-state index is 0.0955. The van der Waals surface area contributed by atoms with E-state index >= 15 is 0 Å². The van der Waals surface area contributed by atoms with E-state index in [1.165, 1.54) is 19.2 Å². The third-order valence-electron chi connectivity index (χ3n) is 8.70. The normalized spacial score (nSPS) is 18.4. The Morgan fingerprint density at radius 2 is 1.64 bits per heavy atom. The zero-order valence-corrected chi connectivity index (χ0v) is 26.0. The van der Waals surface area contributed by atoms with E-state index in [1.807, 2.05) is 42.5 Å². The number of ether oxygens (including phenoxy) is 1. The molecule has 5 rings (SSSR count). The average Bonchev–Trinajstić information content (AvgIpc) is 3.84. The molecule has 10 heteroatoms. The van der Waals surface area contributed by atoms with E-state index in [2.05, 4.69) is 5.32 Å². The molecule has 0 unspecified atom stereocenters. The number of nitrogens with zero attached hydrogens (tertiary/aromatic N) is 2. The lowest BCUT2D eigenvalue weighted by molar-refractivity contribution is -0.162. The van der Waals surface area contributed by atoms with Gasteiger partial charge in [0.05, 0.1) is 12.6 Å². The molecule has 238 valence electrons. The first kappa shape index (κ1) is 32.1. The van der Waals surface area contributed by atoms with Crippen molar-refractivity contribution < 1.29 is 28.3 Å². The number of carbonyl (C=O) groups excluding carboxylic acids is 4. The Balaban J connectivity index is 1.41. The minimum atomic E-state index is -1.25. The number of methoxy groups -OCH3 is 1. The molecule has 2 aliphatic rings. The maximum Gasteiger partial charge on any atom is 0.328 e. The minimum Gasteiger partial charge on any atom is -0.467 e.